The fraction of sp³-hybridized carbons (Fsp3) is 0.500. The zero-order chi connectivity index (χ0) is 9.40. The molecule has 0 spiro atoms. The van der Waals surface area contributed by atoms with Crippen molar-refractivity contribution >= 4 is 12.3 Å². The van der Waals surface area contributed by atoms with Gasteiger partial charge < -0.3 is 10.6 Å². The van der Waals surface area contributed by atoms with Crippen LogP contribution in [0.1, 0.15) is 6.92 Å². The first-order chi connectivity index (χ1) is 5.70. The number of nitrogens with one attached hydrogen (secondary N) is 2. The van der Waals surface area contributed by atoms with Crippen LogP contribution in [0, 0.1) is 5.92 Å². The largest absolute Gasteiger partial charge is 0.358 e. The van der Waals surface area contributed by atoms with Gasteiger partial charge in [-0.15, -0.1) is 0 Å². The molecule has 1 atom stereocenters. The molecule has 0 aliphatic carbocycles. The maximum atomic E-state index is 10.7. The molecule has 0 aromatic rings. The van der Waals surface area contributed by atoms with Gasteiger partial charge >= 0.3 is 0 Å². The Kier molecular flexibility index (Phi) is 5.69. The predicted octanol–water partition coefficient (Wildman–Crippen LogP) is -0.329. The topological polar surface area (TPSA) is 58.2 Å². The molecule has 0 heterocycles. The average Bonchev–Trinajstić information content (AvgIpc) is 2.10. The molecule has 4 heteroatoms. The number of amides is 2. The van der Waals surface area contributed by atoms with Crippen molar-refractivity contribution in [2.24, 2.45) is 5.92 Å². The second-order valence-electron chi connectivity index (χ2n) is 2.58. The van der Waals surface area contributed by atoms with Crippen LogP contribution in [0.5, 0.6) is 0 Å². The molecule has 0 rings (SSSR count). The van der Waals surface area contributed by atoms with E-state index >= 15 is 0 Å². The van der Waals surface area contributed by atoms with Gasteiger partial charge in [-0.3, -0.25) is 9.59 Å². The summed E-state index contributed by atoms with van der Waals surface area (Å²) >= 11 is 0. The van der Waals surface area contributed by atoms with Gasteiger partial charge in [-0.1, -0.05) is 13.5 Å². The van der Waals surface area contributed by atoms with Crippen molar-refractivity contribution in [1.29, 1.82) is 0 Å². The minimum absolute atomic E-state index is 0.187. The van der Waals surface area contributed by atoms with Crippen LogP contribution >= 0.6 is 0 Å². The highest BCUT2D eigenvalue weighted by molar-refractivity contribution is 5.86. The smallest absolute Gasteiger partial charge is 0.243 e. The van der Waals surface area contributed by atoms with Crippen molar-refractivity contribution < 1.29 is 9.59 Å². The Labute approximate surface area is 72.0 Å². The van der Waals surface area contributed by atoms with Crippen molar-refractivity contribution in [3.63, 3.8) is 0 Å². The molecular weight excluding hydrogens is 156 g/mol. The first-order valence-corrected chi connectivity index (χ1v) is 3.78. The fourth-order valence-corrected chi connectivity index (χ4v) is 0.668. The first-order valence-electron chi connectivity index (χ1n) is 3.78. The fourth-order valence-electron chi connectivity index (χ4n) is 0.668. The molecule has 1 unspecified atom stereocenters. The Morgan fingerprint density at radius 1 is 1.58 bits per heavy atom. The lowest BCUT2D eigenvalue weighted by Crippen LogP contribution is -2.31. The van der Waals surface area contributed by atoms with E-state index in [4.69, 9.17) is 0 Å². The summed E-state index contributed by atoms with van der Waals surface area (Å²) in [5.74, 6) is 0.0482. The molecule has 0 fully saturated rings. The van der Waals surface area contributed by atoms with E-state index in [9.17, 15) is 9.59 Å². The van der Waals surface area contributed by atoms with Gasteiger partial charge in [-0.25, -0.2) is 0 Å². The van der Waals surface area contributed by atoms with Crippen LogP contribution in [0.2, 0.25) is 0 Å². The first kappa shape index (κ1) is 10.7. The SMILES string of the molecule is C=CC(=O)NCC(C)CNC=O. The molecule has 0 aliphatic heterocycles. The second kappa shape index (κ2) is 6.39. The van der Waals surface area contributed by atoms with Crippen LogP contribution in [-0.2, 0) is 9.59 Å². The van der Waals surface area contributed by atoms with Crippen molar-refractivity contribution in [2.75, 3.05) is 13.1 Å². The van der Waals surface area contributed by atoms with E-state index in [0.717, 1.165) is 0 Å². The molecule has 2 amide bonds. The minimum Gasteiger partial charge on any atom is -0.358 e. The molecule has 0 bridgehead atoms. The highest BCUT2D eigenvalue weighted by atomic mass is 16.1. The maximum Gasteiger partial charge on any atom is 0.243 e. The molecule has 0 saturated carbocycles. The summed E-state index contributed by atoms with van der Waals surface area (Å²) in [6.07, 6.45) is 1.87. The van der Waals surface area contributed by atoms with E-state index in [2.05, 4.69) is 17.2 Å². The van der Waals surface area contributed by atoms with Crippen LogP contribution in [-0.4, -0.2) is 25.4 Å². The van der Waals surface area contributed by atoms with Crippen molar-refractivity contribution in [1.82, 2.24) is 10.6 Å². The second-order valence-corrected chi connectivity index (χ2v) is 2.58. The minimum atomic E-state index is -0.187. The van der Waals surface area contributed by atoms with Crippen LogP contribution < -0.4 is 10.6 Å². The molecule has 0 radical (unpaired) electrons. The third-order valence-electron chi connectivity index (χ3n) is 1.36. The third-order valence-corrected chi connectivity index (χ3v) is 1.36. The van der Waals surface area contributed by atoms with Crippen molar-refractivity contribution in [3.8, 4) is 0 Å². The highest BCUT2D eigenvalue weighted by Crippen LogP contribution is 1.88. The molecular formula is C8H14N2O2. The summed E-state index contributed by atoms with van der Waals surface area (Å²) < 4.78 is 0. The monoisotopic (exact) mass is 170 g/mol. The van der Waals surface area contributed by atoms with Gasteiger partial charge in [0.05, 0.1) is 0 Å². The van der Waals surface area contributed by atoms with Gasteiger partial charge in [0.15, 0.2) is 0 Å². The van der Waals surface area contributed by atoms with Gasteiger partial charge in [-0.2, -0.15) is 0 Å². The molecule has 2 N–H and O–H groups in total. The van der Waals surface area contributed by atoms with E-state index in [1.165, 1.54) is 6.08 Å². The van der Waals surface area contributed by atoms with E-state index in [1.807, 2.05) is 6.92 Å². The number of rotatable bonds is 6. The Bertz CT molecular complexity index is 168. The van der Waals surface area contributed by atoms with Crippen LogP contribution in [0.25, 0.3) is 0 Å². The summed E-state index contributed by atoms with van der Waals surface area (Å²) in [5.41, 5.74) is 0. The zero-order valence-electron chi connectivity index (χ0n) is 7.17. The maximum absolute atomic E-state index is 10.7. The Morgan fingerprint density at radius 2 is 2.25 bits per heavy atom. The van der Waals surface area contributed by atoms with Crippen LogP contribution in [0.4, 0.5) is 0 Å². The molecule has 0 saturated heterocycles. The Hall–Kier alpha value is -1.32. The predicted molar refractivity (Wildman–Crippen MR) is 46.4 cm³/mol. The Balaban J connectivity index is 3.42. The van der Waals surface area contributed by atoms with E-state index < -0.39 is 0 Å². The highest BCUT2D eigenvalue weighted by Gasteiger charge is 2.01. The average molecular weight is 170 g/mol. The number of hydrogen-bond acceptors (Lipinski definition) is 2. The third kappa shape index (κ3) is 5.46. The van der Waals surface area contributed by atoms with Crippen LogP contribution in [0.3, 0.4) is 0 Å². The molecule has 12 heavy (non-hydrogen) atoms. The summed E-state index contributed by atoms with van der Waals surface area (Å²) in [4.78, 5) is 20.6. The lowest BCUT2D eigenvalue weighted by atomic mass is 10.2. The molecule has 0 aliphatic rings. The Morgan fingerprint density at radius 3 is 2.75 bits per heavy atom. The lowest BCUT2D eigenvalue weighted by Gasteiger charge is -2.10. The quantitative estimate of drug-likeness (QED) is 0.423. The molecule has 0 aromatic heterocycles. The van der Waals surface area contributed by atoms with Gasteiger partial charge in [0.2, 0.25) is 12.3 Å². The molecule has 0 aromatic carbocycles. The lowest BCUT2D eigenvalue weighted by molar-refractivity contribution is -0.116. The van der Waals surface area contributed by atoms with Gasteiger partial charge in [0.25, 0.3) is 0 Å². The van der Waals surface area contributed by atoms with Crippen molar-refractivity contribution in [2.45, 2.75) is 6.92 Å². The van der Waals surface area contributed by atoms with E-state index in [1.54, 1.807) is 0 Å². The summed E-state index contributed by atoms with van der Waals surface area (Å²) in [6.45, 7) is 6.36. The summed E-state index contributed by atoms with van der Waals surface area (Å²) in [7, 11) is 0. The number of carbonyl (C=O) groups excluding carboxylic acids is 2. The van der Waals surface area contributed by atoms with E-state index in [-0.39, 0.29) is 11.8 Å². The summed E-state index contributed by atoms with van der Waals surface area (Å²) in [6, 6.07) is 0. The van der Waals surface area contributed by atoms with Gasteiger partial charge in [0.1, 0.15) is 0 Å². The molecule has 4 nitrogen and oxygen atoms in total. The molecule has 68 valence electrons. The van der Waals surface area contributed by atoms with Crippen LogP contribution in [0.15, 0.2) is 12.7 Å². The number of hydrogen-bond donors (Lipinski definition) is 2. The van der Waals surface area contributed by atoms with Crippen molar-refractivity contribution in [3.05, 3.63) is 12.7 Å². The summed E-state index contributed by atoms with van der Waals surface area (Å²) in [5, 5.41) is 5.16. The number of carbonyl (C=O) groups is 2. The zero-order valence-corrected chi connectivity index (χ0v) is 7.17. The normalized spacial score (nSPS) is 11.4. The van der Waals surface area contributed by atoms with Gasteiger partial charge in [0, 0.05) is 13.1 Å². The van der Waals surface area contributed by atoms with E-state index in [0.29, 0.717) is 19.5 Å². The standard InChI is InChI=1S/C8H14N2O2/c1-3-8(12)10-5-7(2)4-9-6-11/h3,6-7H,1,4-5H2,2H3,(H,9,11)(H,10,12). The van der Waals surface area contributed by atoms with Gasteiger partial charge in [-0.05, 0) is 12.0 Å².